The number of nitrogens with one attached hydrogen (secondary N) is 1. The van der Waals surface area contributed by atoms with Crippen molar-refractivity contribution in [3.8, 4) is 11.4 Å². The van der Waals surface area contributed by atoms with Crippen molar-refractivity contribution in [3.63, 3.8) is 0 Å². The molecule has 3 heterocycles. The highest BCUT2D eigenvalue weighted by Gasteiger charge is 2.36. The third-order valence-corrected chi connectivity index (χ3v) is 5.33. The molecular weight excluding hydrogens is 411 g/mol. The number of benzene rings is 2. The molecule has 0 spiro atoms. The Labute approximate surface area is 171 Å². The van der Waals surface area contributed by atoms with Crippen LogP contribution >= 0.6 is 11.3 Å². The van der Waals surface area contributed by atoms with E-state index in [0.717, 1.165) is 16.2 Å². The van der Waals surface area contributed by atoms with E-state index in [1.807, 2.05) is 0 Å². The van der Waals surface area contributed by atoms with Crippen molar-refractivity contribution in [1.29, 1.82) is 0 Å². The van der Waals surface area contributed by atoms with Crippen molar-refractivity contribution >= 4 is 39.2 Å². The first kappa shape index (κ1) is 18.1. The summed E-state index contributed by atoms with van der Waals surface area (Å²) in [7, 11) is 0. The topological polar surface area (TPSA) is 110 Å². The second kappa shape index (κ2) is 6.81. The Kier molecular flexibility index (Phi) is 4.10. The van der Waals surface area contributed by atoms with Crippen LogP contribution in [0.5, 0.6) is 0 Å². The number of rotatable bonds is 4. The fourth-order valence-corrected chi connectivity index (χ4v) is 3.89. The zero-order chi connectivity index (χ0) is 20.8. The average Bonchev–Trinajstić information content (AvgIpc) is 3.38. The van der Waals surface area contributed by atoms with Crippen molar-refractivity contribution in [2.75, 3.05) is 11.9 Å². The van der Waals surface area contributed by atoms with Crippen LogP contribution in [-0.4, -0.2) is 49.0 Å². The van der Waals surface area contributed by atoms with Gasteiger partial charge >= 0.3 is 0 Å². The minimum Gasteiger partial charge on any atom is -0.299 e. The summed E-state index contributed by atoms with van der Waals surface area (Å²) in [6.45, 7) is -0.433. The van der Waals surface area contributed by atoms with Crippen molar-refractivity contribution < 1.29 is 18.8 Å². The first-order valence-corrected chi connectivity index (χ1v) is 9.56. The highest BCUT2D eigenvalue weighted by molar-refractivity contribution is 7.20. The molecule has 3 amide bonds. The van der Waals surface area contributed by atoms with Crippen LogP contribution in [0.25, 0.3) is 16.3 Å². The Bertz CT molecular complexity index is 1290. The number of hydrogen-bond acceptors (Lipinski definition) is 7. The van der Waals surface area contributed by atoms with Crippen molar-refractivity contribution in [3.05, 3.63) is 65.5 Å². The molecule has 0 fully saturated rings. The van der Waals surface area contributed by atoms with Gasteiger partial charge in [0.25, 0.3) is 11.8 Å². The Morgan fingerprint density at radius 2 is 1.67 bits per heavy atom. The molecule has 148 valence electrons. The molecule has 2 aromatic heterocycles. The molecule has 0 bridgehead atoms. The van der Waals surface area contributed by atoms with E-state index in [0.29, 0.717) is 16.3 Å². The summed E-state index contributed by atoms with van der Waals surface area (Å²) in [5.41, 5.74) is 1.16. The Balaban J connectivity index is 1.34. The minimum atomic E-state index is -0.571. The van der Waals surface area contributed by atoms with Gasteiger partial charge < -0.3 is 0 Å². The molecular formula is C19H11FN6O3S. The van der Waals surface area contributed by atoms with Gasteiger partial charge in [-0.3, -0.25) is 24.6 Å². The predicted molar refractivity (Wildman–Crippen MR) is 104 cm³/mol. The van der Waals surface area contributed by atoms with Gasteiger partial charge in [-0.1, -0.05) is 23.5 Å². The van der Waals surface area contributed by atoms with Gasteiger partial charge in [0, 0.05) is 5.56 Å². The highest BCUT2D eigenvalue weighted by Crippen LogP contribution is 2.25. The summed E-state index contributed by atoms with van der Waals surface area (Å²) in [4.78, 5) is 38.5. The van der Waals surface area contributed by atoms with E-state index in [4.69, 9.17) is 0 Å². The van der Waals surface area contributed by atoms with Crippen molar-refractivity contribution in [2.45, 2.75) is 0 Å². The number of amides is 3. The smallest absolute Gasteiger partial charge is 0.262 e. The number of anilines is 1. The maximum Gasteiger partial charge on any atom is 0.262 e. The Morgan fingerprint density at radius 3 is 2.33 bits per heavy atom. The molecule has 0 saturated heterocycles. The van der Waals surface area contributed by atoms with E-state index in [2.05, 4.69) is 20.6 Å². The summed E-state index contributed by atoms with van der Waals surface area (Å²) in [5.74, 6) is -1.58. The minimum absolute atomic E-state index is 0.227. The third kappa shape index (κ3) is 2.92. The summed E-state index contributed by atoms with van der Waals surface area (Å²) in [6.07, 6.45) is 0. The van der Waals surface area contributed by atoms with Gasteiger partial charge in [-0.25, -0.2) is 4.39 Å². The van der Waals surface area contributed by atoms with Crippen LogP contribution in [0.1, 0.15) is 20.7 Å². The molecule has 2 aromatic carbocycles. The number of imide groups is 1. The molecule has 11 heteroatoms. The van der Waals surface area contributed by atoms with E-state index >= 15 is 0 Å². The molecule has 1 aliphatic rings. The van der Waals surface area contributed by atoms with E-state index in [1.165, 1.54) is 16.6 Å². The summed E-state index contributed by atoms with van der Waals surface area (Å²) in [6, 6.07) is 12.1. The molecule has 4 aromatic rings. The number of fused-ring (bicyclic) bond motifs is 2. The zero-order valence-corrected chi connectivity index (χ0v) is 15.9. The van der Waals surface area contributed by atoms with E-state index in [-0.39, 0.29) is 22.1 Å². The van der Waals surface area contributed by atoms with Gasteiger partial charge in [0.15, 0.2) is 5.82 Å². The van der Waals surface area contributed by atoms with Crippen LogP contribution < -0.4 is 5.32 Å². The Hall–Kier alpha value is -3.99. The van der Waals surface area contributed by atoms with Gasteiger partial charge in [0.1, 0.15) is 12.4 Å². The van der Waals surface area contributed by atoms with Gasteiger partial charge in [-0.2, -0.15) is 4.52 Å². The quantitative estimate of drug-likeness (QED) is 0.505. The SMILES string of the molecule is O=C(CN1C(=O)c2ccccc2C1=O)Nc1nn2c(-c3ccc(F)cc3)nnc2s1. The first-order chi connectivity index (χ1) is 14.5. The lowest BCUT2D eigenvalue weighted by Crippen LogP contribution is -2.37. The molecule has 0 aliphatic carbocycles. The molecule has 1 N–H and O–H groups in total. The molecule has 30 heavy (non-hydrogen) atoms. The van der Waals surface area contributed by atoms with Gasteiger partial charge in [0.05, 0.1) is 11.1 Å². The third-order valence-electron chi connectivity index (χ3n) is 4.52. The number of hydrogen-bond donors (Lipinski definition) is 1. The average molecular weight is 422 g/mol. The van der Waals surface area contributed by atoms with Gasteiger partial charge in [-0.05, 0) is 36.4 Å². The molecule has 1 aliphatic heterocycles. The zero-order valence-electron chi connectivity index (χ0n) is 15.1. The first-order valence-electron chi connectivity index (χ1n) is 8.74. The molecule has 5 rings (SSSR count). The second-order valence-electron chi connectivity index (χ2n) is 6.42. The summed E-state index contributed by atoms with van der Waals surface area (Å²) >= 11 is 1.07. The summed E-state index contributed by atoms with van der Waals surface area (Å²) < 4.78 is 14.6. The van der Waals surface area contributed by atoms with Crippen LogP contribution in [0.2, 0.25) is 0 Å². The molecule has 0 saturated carbocycles. The van der Waals surface area contributed by atoms with Gasteiger partial charge in [0.2, 0.25) is 16.0 Å². The standard InChI is InChI=1S/C19H11FN6O3S/c20-11-7-5-10(6-8-11)15-22-23-19-26(15)24-18(30-19)21-14(27)9-25-16(28)12-3-1-2-4-13(12)17(25)29/h1-8H,9H2,(H,21,24,27). The van der Waals surface area contributed by atoms with Crippen molar-refractivity contribution in [1.82, 2.24) is 24.7 Å². The van der Waals surface area contributed by atoms with Crippen LogP contribution in [0, 0.1) is 5.82 Å². The number of carbonyl (C=O) groups is 3. The molecule has 0 unspecified atom stereocenters. The fraction of sp³-hybridized carbons (Fsp3) is 0.0526. The maximum absolute atomic E-state index is 13.1. The lowest BCUT2D eigenvalue weighted by molar-refractivity contribution is -0.116. The van der Waals surface area contributed by atoms with Gasteiger partial charge in [-0.15, -0.1) is 15.3 Å². The fourth-order valence-electron chi connectivity index (χ4n) is 3.13. The van der Waals surface area contributed by atoms with Crippen LogP contribution in [0.15, 0.2) is 48.5 Å². The van der Waals surface area contributed by atoms with E-state index in [1.54, 1.807) is 36.4 Å². The largest absolute Gasteiger partial charge is 0.299 e. The number of aromatic nitrogens is 4. The predicted octanol–water partition coefficient (Wildman–Crippen LogP) is 2.23. The number of nitrogens with zero attached hydrogens (tertiary/aromatic N) is 5. The molecule has 0 atom stereocenters. The lowest BCUT2D eigenvalue weighted by Gasteiger charge is -2.12. The van der Waals surface area contributed by atoms with Crippen LogP contribution in [-0.2, 0) is 4.79 Å². The molecule has 0 radical (unpaired) electrons. The van der Waals surface area contributed by atoms with E-state index < -0.39 is 24.3 Å². The normalized spacial score (nSPS) is 13.2. The monoisotopic (exact) mass is 422 g/mol. The molecule has 9 nitrogen and oxygen atoms in total. The summed E-state index contributed by atoms with van der Waals surface area (Å²) in [5, 5.41) is 15.1. The second-order valence-corrected chi connectivity index (χ2v) is 7.38. The number of carbonyl (C=O) groups excluding carboxylic acids is 3. The number of halogens is 1. The lowest BCUT2D eigenvalue weighted by atomic mass is 10.1. The van der Waals surface area contributed by atoms with E-state index in [9.17, 15) is 18.8 Å². The van der Waals surface area contributed by atoms with Crippen LogP contribution in [0.3, 0.4) is 0 Å². The maximum atomic E-state index is 13.1. The Morgan fingerprint density at radius 1 is 1.00 bits per heavy atom. The highest BCUT2D eigenvalue weighted by atomic mass is 32.1. The van der Waals surface area contributed by atoms with Crippen molar-refractivity contribution in [2.24, 2.45) is 0 Å². The van der Waals surface area contributed by atoms with Crippen LogP contribution in [0.4, 0.5) is 9.52 Å².